The fourth-order valence-electron chi connectivity index (χ4n) is 2.85. The van der Waals surface area contributed by atoms with Gasteiger partial charge in [-0.1, -0.05) is 6.07 Å². The van der Waals surface area contributed by atoms with E-state index in [-0.39, 0.29) is 23.4 Å². The maximum atomic E-state index is 12.2. The van der Waals surface area contributed by atoms with E-state index >= 15 is 0 Å². The van der Waals surface area contributed by atoms with Gasteiger partial charge < -0.3 is 10.6 Å². The van der Waals surface area contributed by atoms with E-state index in [2.05, 4.69) is 11.9 Å². The number of nitrogens with two attached hydrogens (primary N) is 1. The Morgan fingerprint density at radius 3 is 2.95 bits per heavy atom. The molecule has 2 N–H and O–H groups in total. The molecule has 0 aromatic carbocycles. The van der Waals surface area contributed by atoms with Crippen molar-refractivity contribution in [1.29, 1.82) is 0 Å². The minimum absolute atomic E-state index is 0.121. The average Bonchev–Trinajstić information content (AvgIpc) is 2.47. The summed E-state index contributed by atoms with van der Waals surface area (Å²) in [7, 11) is 0. The highest BCUT2D eigenvalue weighted by atomic mass is 16.1. The first-order valence-electron chi connectivity index (χ1n) is 7.10. The van der Waals surface area contributed by atoms with Crippen LogP contribution in [0.25, 0.3) is 5.65 Å². The third kappa shape index (κ3) is 2.49. The molecule has 0 spiro atoms. The van der Waals surface area contributed by atoms with E-state index in [0.717, 1.165) is 12.8 Å². The third-order valence-corrected chi connectivity index (χ3v) is 4.14. The molecule has 2 aromatic heterocycles. The van der Waals surface area contributed by atoms with Gasteiger partial charge in [-0.05, 0) is 31.9 Å². The molecule has 0 aliphatic carbocycles. The lowest BCUT2D eigenvalue weighted by atomic mass is 9.93. The second-order valence-electron chi connectivity index (χ2n) is 5.56. The van der Waals surface area contributed by atoms with Crippen LogP contribution in [-0.2, 0) is 4.79 Å². The lowest BCUT2D eigenvalue weighted by molar-refractivity contribution is -0.122. The maximum absolute atomic E-state index is 12.2. The summed E-state index contributed by atoms with van der Waals surface area (Å²) >= 11 is 0. The van der Waals surface area contributed by atoms with Crippen molar-refractivity contribution in [2.24, 2.45) is 11.7 Å². The van der Waals surface area contributed by atoms with Crippen LogP contribution >= 0.6 is 0 Å². The molecule has 1 amide bonds. The molecular formula is C15H18N4O2. The summed E-state index contributed by atoms with van der Waals surface area (Å²) < 4.78 is 1.50. The van der Waals surface area contributed by atoms with Gasteiger partial charge in [0.15, 0.2) is 0 Å². The summed E-state index contributed by atoms with van der Waals surface area (Å²) in [5.74, 6) is 0.145. The van der Waals surface area contributed by atoms with Crippen molar-refractivity contribution < 1.29 is 4.79 Å². The van der Waals surface area contributed by atoms with E-state index in [4.69, 9.17) is 5.73 Å². The summed E-state index contributed by atoms with van der Waals surface area (Å²) in [5.41, 5.74) is 5.91. The van der Waals surface area contributed by atoms with Crippen molar-refractivity contribution in [3.63, 3.8) is 0 Å². The highest BCUT2D eigenvalue weighted by Gasteiger charge is 2.29. The molecule has 1 aliphatic heterocycles. The zero-order chi connectivity index (χ0) is 15.0. The number of anilines is 1. The van der Waals surface area contributed by atoms with Crippen LogP contribution < -0.4 is 16.2 Å². The van der Waals surface area contributed by atoms with Crippen LogP contribution in [0.1, 0.15) is 19.8 Å². The Morgan fingerprint density at radius 2 is 2.19 bits per heavy atom. The standard InChI is InChI=1S/C15H18N4O2/c1-10-5-6-11(15(16)21)9-19(10)13-8-14(20)18-7-3-2-4-12(18)17-13/h2-4,7-8,10-11H,5-6,9H2,1H3,(H2,16,21). The molecule has 2 atom stereocenters. The predicted octanol–water partition coefficient (Wildman–Crippen LogP) is 0.785. The van der Waals surface area contributed by atoms with Gasteiger partial charge in [0.25, 0.3) is 5.56 Å². The van der Waals surface area contributed by atoms with Crippen molar-refractivity contribution in [2.75, 3.05) is 11.4 Å². The van der Waals surface area contributed by atoms with Gasteiger partial charge in [-0.2, -0.15) is 0 Å². The third-order valence-electron chi connectivity index (χ3n) is 4.14. The van der Waals surface area contributed by atoms with Crippen molar-refractivity contribution in [3.05, 3.63) is 40.8 Å². The molecule has 110 valence electrons. The Bertz CT molecular complexity index is 740. The number of pyridine rings is 1. The number of fused-ring (bicyclic) bond motifs is 1. The molecule has 0 radical (unpaired) electrons. The first-order chi connectivity index (χ1) is 10.1. The molecule has 3 heterocycles. The fourth-order valence-corrected chi connectivity index (χ4v) is 2.85. The summed E-state index contributed by atoms with van der Waals surface area (Å²) in [5, 5.41) is 0. The molecule has 1 aliphatic rings. The lowest BCUT2D eigenvalue weighted by Crippen LogP contribution is -2.46. The number of amides is 1. The number of rotatable bonds is 2. The fraction of sp³-hybridized carbons (Fsp3) is 0.400. The van der Waals surface area contributed by atoms with Gasteiger partial charge in [-0.15, -0.1) is 0 Å². The lowest BCUT2D eigenvalue weighted by Gasteiger charge is -2.37. The van der Waals surface area contributed by atoms with Gasteiger partial charge >= 0.3 is 0 Å². The van der Waals surface area contributed by atoms with Crippen LogP contribution in [0.15, 0.2) is 35.3 Å². The first-order valence-corrected chi connectivity index (χ1v) is 7.10. The van der Waals surface area contributed by atoms with Crippen molar-refractivity contribution in [3.8, 4) is 0 Å². The first kappa shape index (κ1) is 13.6. The number of carbonyl (C=O) groups excluding carboxylic acids is 1. The second-order valence-corrected chi connectivity index (χ2v) is 5.56. The van der Waals surface area contributed by atoms with E-state index in [0.29, 0.717) is 18.0 Å². The van der Waals surface area contributed by atoms with Crippen molar-refractivity contribution in [1.82, 2.24) is 9.38 Å². The second kappa shape index (κ2) is 5.20. The smallest absolute Gasteiger partial charge is 0.259 e. The summed E-state index contributed by atoms with van der Waals surface area (Å²) in [4.78, 5) is 30.1. The van der Waals surface area contributed by atoms with Gasteiger partial charge in [0.05, 0.1) is 5.92 Å². The Balaban J connectivity index is 2.02. The van der Waals surface area contributed by atoms with E-state index < -0.39 is 0 Å². The van der Waals surface area contributed by atoms with Crippen molar-refractivity contribution in [2.45, 2.75) is 25.8 Å². The molecule has 2 aromatic rings. The normalized spacial score (nSPS) is 22.4. The minimum atomic E-state index is -0.288. The van der Waals surface area contributed by atoms with E-state index in [1.807, 2.05) is 11.0 Å². The van der Waals surface area contributed by atoms with Crippen LogP contribution in [0, 0.1) is 5.92 Å². The molecule has 21 heavy (non-hydrogen) atoms. The molecule has 1 saturated heterocycles. The number of aromatic nitrogens is 2. The SMILES string of the molecule is CC1CCC(C(N)=O)CN1c1cc(=O)n2ccccc2n1. The Hall–Kier alpha value is -2.37. The minimum Gasteiger partial charge on any atom is -0.369 e. The predicted molar refractivity (Wildman–Crippen MR) is 80.2 cm³/mol. The van der Waals surface area contributed by atoms with Gasteiger partial charge in [-0.25, -0.2) is 4.98 Å². The zero-order valence-corrected chi connectivity index (χ0v) is 11.9. The summed E-state index contributed by atoms with van der Waals surface area (Å²) in [6, 6.07) is 7.19. The number of hydrogen-bond acceptors (Lipinski definition) is 4. The van der Waals surface area contributed by atoms with Gasteiger partial charge in [0, 0.05) is 24.8 Å². The van der Waals surface area contributed by atoms with Crippen LogP contribution in [0.5, 0.6) is 0 Å². The Morgan fingerprint density at radius 1 is 1.38 bits per heavy atom. The molecule has 0 saturated carbocycles. The number of primary amides is 1. The molecule has 6 nitrogen and oxygen atoms in total. The van der Waals surface area contributed by atoms with E-state index in [9.17, 15) is 9.59 Å². The summed E-state index contributed by atoms with van der Waals surface area (Å²) in [6.07, 6.45) is 3.35. The summed E-state index contributed by atoms with van der Waals surface area (Å²) in [6.45, 7) is 2.59. The van der Waals surface area contributed by atoms with Crippen LogP contribution in [-0.4, -0.2) is 27.9 Å². The highest BCUT2D eigenvalue weighted by molar-refractivity contribution is 5.77. The van der Waals surface area contributed by atoms with Crippen LogP contribution in [0.3, 0.4) is 0 Å². The largest absolute Gasteiger partial charge is 0.369 e. The zero-order valence-electron chi connectivity index (χ0n) is 11.9. The molecule has 2 unspecified atom stereocenters. The number of hydrogen-bond donors (Lipinski definition) is 1. The van der Waals surface area contributed by atoms with Gasteiger partial charge in [0.2, 0.25) is 5.91 Å². The van der Waals surface area contributed by atoms with E-state index in [1.54, 1.807) is 18.3 Å². The van der Waals surface area contributed by atoms with Crippen LogP contribution in [0.4, 0.5) is 5.82 Å². The molecular weight excluding hydrogens is 268 g/mol. The number of carbonyl (C=O) groups is 1. The van der Waals surface area contributed by atoms with E-state index in [1.165, 1.54) is 10.5 Å². The molecule has 6 heteroatoms. The molecule has 0 bridgehead atoms. The van der Waals surface area contributed by atoms with Gasteiger partial charge in [-0.3, -0.25) is 14.0 Å². The van der Waals surface area contributed by atoms with Crippen LogP contribution in [0.2, 0.25) is 0 Å². The Kier molecular flexibility index (Phi) is 3.37. The highest BCUT2D eigenvalue weighted by Crippen LogP contribution is 2.25. The topological polar surface area (TPSA) is 80.7 Å². The number of nitrogens with zero attached hydrogens (tertiary/aromatic N) is 3. The molecule has 3 rings (SSSR count). The average molecular weight is 286 g/mol. The quantitative estimate of drug-likeness (QED) is 0.885. The Labute approximate surface area is 122 Å². The molecule has 1 fully saturated rings. The number of piperidine rings is 1. The van der Waals surface area contributed by atoms with Crippen molar-refractivity contribution >= 4 is 17.4 Å². The van der Waals surface area contributed by atoms with Gasteiger partial charge in [0.1, 0.15) is 11.5 Å². The maximum Gasteiger partial charge on any atom is 0.259 e. The monoisotopic (exact) mass is 286 g/mol.